The van der Waals surface area contributed by atoms with E-state index in [0.717, 1.165) is 31.6 Å². The molecule has 2 bridgehead atoms. The van der Waals surface area contributed by atoms with Crippen molar-refractivity contribution >= 4 is 5.91 Å². The van der Waals surface area contributed by atoms with Crippen molar-refractivity contribution in [2.24, 2.45) is 0 Å². The fraction of sp³-hybridized carbons (Fsp3) is 0.280. The van der Waals surface area contributed by atoms with Crippen LogP contribution in [-0.2, 0) is 19.6 Å². The Morgan fingerprint density at radius 2 is 1.83 bits per heavy atom. The van der Waals surface area contributed by atoms with Crippen LogP contribution in [0.2, 0.25) is 0 Å². The quantitative estimate of drug-likeness (QED) is 0.648. The average molecular weight is 402 g/mol. The van der Waals surface area contributed by atoms with Crippen molar-refractivity contribution in [1.29, 1.82) is 0 Å². The summed E-state index contributed by atoms with van der Waals surface area (Å²) in [5.41, 5.74) is 4.18. The molecule has 1 amide bonds. The molecule has 0 aliphatic carbocycles. The highest BCUT2D eigenvalue weighted by Gasteiger charge is 2.18. The molecule has 1 aliphatic rings. The zero-order chi connectivity index (χ0) is 20.8. The predicted molar refractivity (Wildman–Crippen MR) is 117 cm³/mol. The summed E-state index contributed by atoms with van der Waals surface area (Å²) < 4.78 is 6.01. The zero-order valence-electron chi connectivity index (χ0n) is 17.3. The van der Waals surface area contributed by atoms with Gasteiger partial charge in [0.1, 0.15) is 5.75 Å². The molecule has 0 fully saturated rings. The van der Waals surface area contributed by atoms with Crippen LogP contribution < -0.4 is 4.74 Å². The monoisotopic (exact) mass is 401 g/mol. The molecule has 0 atom stereocenters. The van der Waals surface area contributed by atoms with Crippen LogP contribution in [-0.4, -0.2) is 40.9 Å². The highest BCUT2D eigenvalue weighted by molar-refractivity contribution is 5.96. The molecule has 0 radical (unpaired) electrons. The van der Waals surface area contributed by atoms with Crippen molar-refractivity contribution < 1.29 is 9.53 Å². The number of nitrogens with zero attached hydrogens (tertiary/aromatic N) is 3. The Kier molecular flexibility index (Phi) is 6.40. The lowest BCUT2D eigenvalue weighted by Crippen LogP contribution is -2.28. The number of hydrogen-bond acceptors (Lipinski definition) is 4. The SMILES string of the molecule is CN1Cc2cccc(c2)CN(Cc2cccnc2)CCCOc2ccccc2C1=O. The number of amides is 1. The summed E-state index contributed by atoms with van der Waals surface area (Å²) in [5.74, 6) is 0.630. The van der Waals surface area contributed by atoms with Gasteiger partial charge in [-0.2, -0.15) is 0 Å². The Labute approximate surface area is 177 Å². The average Bonchev–Trinajstić information content (AvgIpc) is 2.77. The number of hydrogen-bond donors (Lipinski definition) is 0. The van der Waals surface area contributed by atoms with E-state index in [1.165, 1.54) is 11.1 Å². The largest absolute Gasteiger partial charge is 0.493 e. The number of para-hydroxylation sites is 1. The Balaban J connectivity index is 1.61. The number of pyridine rings is 1. The maximum atomic E-state index is 13.0. The first kappa shape index (κ1) is 20.1. The molecule has 0 saturated carbocycles. The normalized spacial score (nSPS) is 15.8. The van der Waals surface area contributed by atoms with Crippen LogP contribution in [0.25, 0.3) is 0 Å². The van der Waals surface area contributed by atoms with E-state index >= 15 is 0 Å². The van der Waals surface area contributed by atoms with Crippen molar-refractivity contribution in [2.75, 3.05) is 20.2 Å². The first-order chi connectivity index (χ1) is 14.7. The van der Waals surface area contributed by atoms with Gasteiger partial charge >= 0.3 is 0 Å². The van der Waals surface area contributed by atoms with Crippen LogP contribution in [0.15, 0.2) is 73.1 Å². The minimum absolute atomic E-state index is 0.0220. The van der Waals surface area contributed by atoms with Gasteiger partial charge in [-0.3, -0.25) is 14.7 Å². The summed E-state index contributed by atoms with van der Waals surface area (Å²) >= 11 is 0. The van der Waals surface area contributed by atoms with E-state index < -0.39 is 0 Å². The number of aromatic nitrogens is 1. The molecule has 30 heavy (non-hydrogen) atoms. The van der Waals surface area contributed by atoms with Crippen LogP contribution in [0.1, 0.15) is 33.5 Å². The van der Waals surface area contributed by atoms with Crippen LogP contribution in [0.4, 0.5) is 0 Å². The first-order valence-corrected chi connectivity index (χ1v) is 10.4. The second-order valence-electron chi connectivity index (χ2n) is 7.75. The lowest BCUT2D eigenvalue weighted by Gasteiger charge is -2.24. The summed E-state index contributed by atoms with van der Waals surface area (Å²) in [7, 11) is 1.84. The molecular formula is C25H27N3O2. The Morgan fingerprint density at radius 1 is 1.00 bits per heavy atom. The Morgan fingerprint density at radius 3 is 2.67 bits per heavy atom. The number of benzene rings is 2. The van der Waals surface area contributed by atoms with Crippen molar-refractivity contribution in [1.82, 2.24) is 14.8 Å². The third-order valence-electron chi connectivity index (χ3n) is 5.29. The summed E-state index contributed by atoms with van der Waals surface area (Å²) in [5, 5.41) is 0. The number of carbonyl (C=O) groups excluding carboxylic acids is 1. The van der Waals surface area contributed by atoms with Crippen LogP contribution in [0.5, 0.6) is 5.75 Å². The summed E-state index contributed by atoms with van der Waals surface area (Å²) in [6, 6.07) is 20.1. The number of fused-ring (bicyclic) bond motifs is 3. The van der Waals surface area contributed by atoms with E-state index in [4.69, 9.17) is 4.74 Å². The fourth-order valence-corrected chi connectivity index (χ4v) is 3.84. The van der Waals surface area contributed by atoms with E-state index in [9.17, 15) is 4.79 Å². The third kappa shape index (κ3) is 5.05. The summed E-state index contributed by atoms with van der Waals surface area (Å²) in [6.45, 7) is 3.71. The Bertz CT molecular complexity index is 990. The molecule has 0 N–H and O–H groups in total. The minimum atomic E-state index is -0.0220. The number of carbonyl (C=O) groups is 1. The lowest BCUT2D eigenvalue weighted by molar-refractivity contribution is 0.0780. The molecule has 2 aromatic carbocycles. The van der Waals surface area contributed by atoms with Gasteiger partial charge in [-0.15, -0.1) is 0 Å². The Hall–Kier alpha value is -3.18. The van der Waals surface area contributed by atoms with E-state index in [-0.39, 0.29) is 5.91 Å². The van der Waals surface area contributed by atoms with Crippen LogP contribution >= 0.6 is 0 Å². The summed E-state index contributed by atoms with van der Waals surface area (Å²) in [6.07, 6.45) is 4.60. The maximum absolute atomic E-state index is 13.0. The van der Waals surface area contributed by atoms with Gasteiger partial charge in [0.15, 0.2) is 0 Å². The van der Waals surface area contributed by atoms with Gasteiger partial charge in [0.2, 0.25) is 0 Å². The number of rotatable bonds is 2. The summed E-state index contributed by atoms with van der Waals surface area (Å²) in [4.78, 5) is 21.4. The van der Waals surface area contributed by atoms with Crippen molar-refractivity contribution in [3.63, 3.8) is 0 Å². The highest BCUT2D eigenvalue weighted by atomic mass is 16.5. The van der Waals surface area contributed by atoms with Gasteiger partial charge in [0.25, 0.3) is 5.91 Å². The van der Waals surface area contributed by atoms with E-state index in [1.54, 1.807) is 11.1 Å². The van der Waals surface area contributed by atoms with Gasteiger partial charge in [-0.05, 0) is 41.3 Å². The highest BCUT2D eigenvalue weighted by Crippen LogP contribution is 2.22. The zero-order valence-corrected chi connectivity index (χ0v) is 17.3. The topological polar surface area (TPSA) is 45.7 Å². The van der Waals surface area contributed by atoms with Crippen molar-refractivity contribution in [3.8, 4) is 5.75 Å². The molecule has 0 unspecified atom stereocenters. The van der Waals surface area contributed by atoms with E-state index in [1.807, 2.05) is 43.6 Å². The smallest absolute Gasteiger partial charge is 0.257 e. The van der Waals surface area contributed by atoms with Crippen LogP contribution in [0, 0.1) is 0 Å². The van der Waals surface area contributed by atoms with Gasteiger partial charge in [0, 0.05) is 45.6 Å². The molecule has 0 saturated heterocycles. The molecule has 5 nitrogen and oxygen atoms in total. The molecule has 5 heteroatoms. The van der Waals surface area contributed by atoms with Crippen molar-refractivity contribution in [2.45, 2.75) is 26.1 Å². The second kappa shape index (κ2) is 9.55. The van der Waals surface area contributed by atoms with Crippen molar-refractivity contribution in [3.05, 3.63) is 95.3 Å². The minimum Gasteiger partial charge on any atom is -0.493 e. The molecule has 0 spiro atoms. The van der Waals surface area contributed by atoms with Gasteiger partial charge < -0.3 is 9.64 Å². The van der Waals surface area contributed by atoms with Gasteiger partial charge in [-0.25, -0.2) is 0 Å². The molecule has 1 aliphatic heterocycles. The van der Waals surface area contributed by atoms with Gasteiger partial charge in [0.05, 0.1) is 12.2 Å². The number of ether oxygens (including phenoxy) is 1. The molecule has 4 rings (SSSR count). The molecule has 2 heterocycles. The van der Waals surface area contributed by atoms with Gasteiger partial charge in [-0.1, -0.05) is 42.5 Å². The first-order valence-electron chi connectivity index (χ1n) is 10.4. The van der Waals surface area contributed by atoms with Crippen LogP contribution in [0.3, 0.4) is 0 Å². The standard InChI is InChI=1S/C25H27N3O2/c1-27-17-20-7-4-8-21(15-20)18-28(19-22-9-5-12-26-16-22)13-6-14-30-24-11-3-2-10-23(24)25(27)29/h2-5,7-12,15-16H,6,13-14,17-19H2,1H3. The second-order valence-corrected chi connectivity index (χ2v) is 7.75. The molecule has 154 valence electrons. The third-order valence-corrected chi connectivity index (χ3v) is 5.29. The van der Waals surface area contributed by atoms with E-state index in [2.05, 4.69) is 40.2 Å². The lowest BCUT2D eigenvalue weighted by atomic mass is 10.1. The van der Waals surface area contributed by atoms with E-state index in [0.29, 0.717) is 24.5 Å². The molecule has 1 aromatic heterocycles. The molecule has 3 aromatic rings. The maximum Gasteiger partial charge on any atom is 0.257 e. The molecular weight excluding hydrogens is 374 g/mol. The fourth-order valence-electron chi connectivity index (χ4n) is 3.84. The predicted octanol–water partition coefficient (Wildman–Crippen LogP) is 4.14.